The molecule has 2 fully saturated rings. The number of rotatable bonds is 3. The molecule has 18 heavy (non-hydrogen) atoms. The molecule has 1 saturated heterocycles. The van der Waals surface area contributed by atoms with E-state index in [-0.39, 0.29) is 11.3 Å². The molecule has 96 valence electrons. The zero-order chi connectivity index (χ0) is 12.8. The first-order chi connectivity index (χ1) is 8.68. The van der Waals surface area contributed by atoms with Crippen molar-refractivity contribution < 1.29 is 4.79 Å². The van der Waals surface area contributed by atoms with Crippen LogP contribution in [0, 0.1) is 0 Å². The molecule has 0 bridgehead atoms. The molecule has 2 aliphatic rings. The Morgan fingerprint density at radius 2 is 2.06 bits per heavy atom. The van der Waals surface area contributed by atoms with Crippen LogP contribution >= 0.6 is 0 Å². The summed E-state index contributed by atoms with van der Waals surface area (Å²) in [5.41, 5.74) is 8.53. The van der Waals surface area contributed by atoms with E-state index < -0.39 is 0 Å². The first-order valence-corrected chi connectivity index (χ1v) is 6.51. The van der Waals surface area contributed by atoms with Crippen molar-refractivity contribution in [1.29, 1.82) is 0 Å². The Morgan fingerprint density at radius 3 is 2.61 bits per heavy atom. The van der Waals surface area contributed by atoms with Crippen LogP contribution in [0.4, 0.5) is 5.69 Å². The average Bonchev–Trinajstić information content (AvgIpc) is 3.13. The monoisotopic (exact) mass is 245 g/mol. The third-order valence-corrected chi connectivity index (χ3v) is 4.26. The van der Waals surface area contributed by atoms with Gasteiger partial charge in [-0.25, -0.2) is 0 Å². The molecule has 1 saturated carbocycles. The Bertz CT molecular complexity index is 482. The van der Waals surface area contributed by atoms with Gasteiger partial charge in [-0.2, -0.15) is 0 Å². The van der Waals surface area contributed by atoms with E-state index in [1.807, 2.05) is 13.1 Å². The van der Waals surface area contributed by atoms with Gasteiger partial charge in [-0.15, -0.1) is 0 Å². The van der Waals surface area contributed by atoms with Crippen molar-refractivity contribution in [3.05, 3.63) is 29.8 Å². The maximum absolute atomic E-state index is 11.7. The molecule has 1 aromatic rings. The highest BCUT2D eigenvalue weighted by Crippen LogP contribution is 2.50. The smallest absolute Gasteiger partial charge is 0.242 e. The Morgan fingerprint density at radius 1 is 1.33 bits per heavy atom. The van der Waals surface area contributed by atoms with Crippen LogP contribution in [0.2, 0.25) is 0 Å². The summed E-state index contributed by atoms with van der Waals surface area (Å²) in [6.07, 6.45) is 2.92. The number of hydrazine groups is 1. The summed E-state index contributed by atoms with van der Waals surface area (Å²) in [4.78, 5) is 11.7. The first-order valence-electron chi connectivity index (χ1n) is 6.51. The molecule has 1 heterocycles. The van der Waals surface area contributed by atoms with Crippen LogP contribution in [0.3, 0.4) is 0 Å². The maximum atomic E-state index is 11.7. The number of amides is 1. The SMILES string of the molecule is CN1C(=O)CCN1c1ccccc1C1(CN)CC1. The minimum atomic E-state index is 0.156. The topological polar surface area (TPSA) is 49.6 Å². The van der Waals surface area contributed by atoms with Crippen molar-refractivity contribution in [3.63, 3.8) is 0 Å². The average molecular weight is 245 g/mol. The molecule has 1 aromatic carbocycles. The molecular weight excluding hydrogens is 226 g/mol. The summed E-state index contributed by atoms with van der Waals surface area (Å²) >= 11 is 0. The van der Waals surface area contributed by atoms with Gasteiger partial charge in [0.1, 0.15) is 0 Å². The number of nitrogens with zero attached hydrogens (tertiary/aromatic N) is 2. The Hall–Kier alpha value is -1.55. The largest absolute Gasteiger partial charge is 0.330 e. The molecular formula is C14H19N3O. The fraction of sp³-hybridized carbons (Fsp3) is 0.500. The lowest BCUT2D eigenvalue weighted by Crippen LogP contribution is -2.37. The molecule has 1 amide bonds. The second-order valence-corrected chi connectivity index (χ2v) is 5.29. The van der Waals surface area contributed by atoms with Crippen LogP contribution in [0.25, 0.3) is 0 Å². The van der Waals surface area contributed by atoms with Crippen LogP contribution in [0.15, 0.2) is 24.3 Å². The van der Waals surface area contributed by atoms with Gasteiger partial charge in [0.15, 0.2) is 0 Å². The number of carbonyl (C=O) groups is 1. The number of hydrogen-bond donors (Lipinski definition) is 1. The summed E-state index contributed by atoms with van der Waals surface area (Å²) in [7, 11) is 1.84. The van der Waals surface area contributed by atoms with Gasteiger partial charge in [0.2, 0.25) is 5.91 Å². The molecule has 2 N–H and O–H groups in total. The lowest BCUT2D eigenvalue weighted by molar-refractivity contribution is -0.126. The van der Waals surface area contributed by atoms with Gasteiger partial charge in [0.05, 0.1) is 5.69 Å². The number of para-hydroxylation sites is 1. The van der Waals surface area contributed by atoms with Gasteiger partial charge < -0.3 is 5.73 Å². The van der Waals surface area contributed by atoms with E-state index in [1.165, 1.54) is 5.56 Å². The zero-order valence-electron chi connectivity index (χ0n) is 10.7. The summed E-state index contributed by atoms with van der Waals surface area (Å²) in [6, 6.07) is 8.35. The molecule has 0 spiro atoms. The summed E-state index contributed by atoms with van der Waals surface area (Å²) in [5.74, 6) is 0.183. The zero-order valence-corrected chi connectivity index (χ0v) is 10.7. The molecule has 0 aromatic heterocycles. The van der Waals surface area contributed by atoms with Crippen LogP contribution in [-0.2, 0) is 10.2 Å². The van der Waals surface area contributed by atoms with Gasteiger partial charge in [0.25, 0.3) is 0 Å². The van der Waals surface area contributed by atoms with Gasteiger partial charge in [-0.05, 0) is 24.5 Å². The normalized spacial score (nSPS) is 21.6. The lowest BCUT2D eigenvalue weighted by atomic mass is 9.94. The molecule has 3 rings (SSSR count). The predicted octanol–water partition coefficient (Wildman–Crippen LogP) is 1.26. The maximum Gasteiger partial charge on any atom is 0.242 e. The van der Waals surface area contributed by atoms with Gasteiger partial charge >= 0.3 is 0 Å². The third kappa shape index (κ3) is 1.60. The molecule has 0 radical (unpaired) electrons. The van der Waals surface area contributed by atoms with Crippen LogP contribution in [0.5, 0.6) is 0 Å². The van der Waals surface area contributed by atoms with Crippen molar-refractivity contribution in [1.82, 2.24) is 5.01 Å². The lowest BCUT2D eigenvalue weighted by Gasteiger charge is -2.30. The molecule has 1 aliphatic carbocycles. The number of hydrogen-bond acceptors (Lipinski definition) is 3. The van der Waals surface area contributed by atoms with E-state index >= 15 is 0 Å². The molecule has 0 unspecified atom stereocenters. The second-order valence-electron chi connectivity index (χ2n) is 5.29. The number of anilines is 1. The van der Waals surface area contributed by atoms with Crippen molar-refractivity contribution >= 4 is 11.6 Å². The third-order valence-electron chi connectivity index (χ3n) is 4.26. The number of carbonyl (C=O) groups excluding carboxylic acids is 1. The van der Waals surface area contributed by atoms with Crippen molar-refractivity contribution in [2.24, 2.45) is 5.73 Å². The Labute approximate surface area is 107 Å². The Kier molecular flexibility index (Phi) is 2.55. The van der Waals surface area contributed by atoms with Crippen LogP contribution in [0.1, 0.15) is 24.8 Å². The fourth-order valence-corrected chi connectivity index (χ4v) is 2.81. The highest BCUT2D eigenvalue weighted by molar-refractivity contribution is 5.82. The van der Waals surface area contributed by atoms with Crippen molar-refractivity contribution in [2.75, 3.05) is 25.1 Å². The summed E-state index contributed by atoms with van der Waals surface area (Å²) in [5, 5.41) is 3.80. The van der Waals surface area contributed by atoms with E-state index in [1.54, 1.807) is 5.01 Å². The van der Waals surface area contributed by atoms with Crippen molar-refractivity contribution in [2.45, 2.75) is 24.7 Å². The minimum Gasteiger partial charge on any atom is -0.330 e. The van der Waals surface area contributed by atoms with E-state index in [0.29, 0.717) is 13.0 Å². The minimum absolute atomic E-state index is 0.156. The van der Waals surface area contributed by atoms with Crippen LogP contribution < -0.4 is 10.7 Å². The van der Waals surface area contributed by atoms with Crippen molar-refractivity contribution in [3.8, 4) is 0 Å². The predicted molar refractivity (Wildman–Crippen MR) is 71.1 cm³/mol. The first kappa shape index (κ1) is 11.5. The van der Waals surface area contributed by atoms with Crippen LogP contribution in [-0.4, -0.2) is 31.1 Å². The van der Waals surface area contributed by atoms with Gasteiger partial charge in [-0.1, -0.05) is 18.2 Å². The highest BCUT2D eigenvalue weighted by Gasteiger charge is 2.45. The van der Waals surface area contributed by atoms with Gasteiger partial charge in [-0.3, -0.25) is 14.8 Å². The standard InChI is InChI=1S/C14H19N3O/c1-16-13(18)6-9-17(16)12-5-3-2-4-11(12)14(10-15)7-8-14/h2-5H,6-10,15H2,1H3. The van der Waals surface area contributed by atoms with E-state index in [9.17, 15) is 4.79 Å². The number of nitrogens with two attached hydrogens (primary N) is 1. The molecule has 1 aliphatic heterocycles. The summed E-state index contributed by atoms with van der Waals surface area (Å²) < 4.78 is 0. The quantitative estimate of drug-likeness (QED) is 0.872. The number of benzene rings is 1. The fourth-order valence-electron chi connectivity index (χ4n) is 2.81. The highest BCUT2D eigenvalue weighted by atomic mass is 16.2. The van der Waals surface area contributed by atoms with E-state index in [4.69, 9.17) is 5.73 Å². The second kappa shape index (κ2) is 3.99. The van der Waals surface area contributed by atoms with E-state index in [2.05, 4.69) is 23.2 Å². The molecule has 4 nitrogen and oxygen atoms in total. The Balaban J connectivity index is 2.00. The summed E-state index contributed by atoms with van der Waals surface area (Å²) in [6.45, 7) is 1.46. The van der Waals surface area contributed by atoms with E-state index in [0.717, 1.165) is 25.1 Å². The molecule has 4 heteroatoms. The van der Waals surface area contributed by atoms with Gasteiger partial charge in [0, 0.05) is 32.0 Å². The molecule has 0 atom stereocenters.